The molecule has 18 heavy (non-hydrogen) atoms. The molecule has 2 rings (SSSR count). The van der Waals surface area contributed by atoms with Crippen molar-refractivity contribution in [3.8, 4) is 0 Å². The standard InChI is InChI=1S/C10H11ClN6O/c11-9-7-13-8(6-14-9)10(18)12-2-1-4-17-5-3-15-16-17/h3,5-7H,1-2,4H2,(H,12,18). The zero-order valence-corrected chi connectivity index (χ0v) is 10.2. The molecule has 0 unspecified atom stereocenters. The molecule has 0 bridgehead atoms. The lowest BCUT2D eigenvalue weighted by Gasteiger charge is -2.04. The number of hydrogen-bond donors (Lipinski definition) is 1. The summed E-state index contributed by atoms with van der Waals surface area (Å²) < 4.78 is 1.70. The quantitative estimate of drug-likeness (QED) is 0.799. The third-order valence-corrected chi connectivity index (χ3v) is 2.37. The Hall–Kier alpha value is -2.02. The van der Waals surface area contributed by atoms with E-state index in [1.807, 2.05) is 0 Å². The molecule has 0 saturated carbocycles. The predicted molar refractivity (Wildman–Crippen MR) is 64.0 cm³/mol. The van der Waals surface area contributed by atoms with Gasteiger partial charge >= 0.3 is 0 Å². The Labute approximate surface area is 108 Å². The molecule has 0 aromatic carbocycles. The van der Waals surface area contributed by atoms with Gasteiger partial charge in [0.2, 0.25) is 0 Å². The molecule has 94 valence electrons. The number of aryl methyl sites for hydroxylation is 1. The van der Waals surface area contributed by atoms with Gasteiger partial charge in [0.15, 0.2) is 0 Å². The molecule has 0 radical (unpaired) electrons. The SMILES string of the molecule is O=C(NCCCn1ccnn1)c1cnc(Cl)cn1. The van der Waals surface area contributed by atoms with Crippen molar-refractivity contribution in [2.24, 2.45) is 0 Å². The molecule has 2 aromatic heterocycles. The molecule has 0 saturated heterocycles. The van der Waals surface area contributed by atoms with Crippen molar-refractivity contribution in [3.05, 3.63) is 35.6 Å². The summed E-state index contributed by atoms with van der Waals surface area (Å²) >= 11 is 5.58. The molecular weight excluding hydrogens is 256 g/mol. The average molecular weight is 267 g/mol. The van der Waals surface area contributed by atoms with Gasteiger partial charge in [0.05, 0.1) is 18.6 Å². The zero-order chi connectivity index (χ0) is 12.8. The first-order chi connectivity index (χ1) is 8.75. The molecule has 0 spiro atoms. The van der Waals surface area contributed by atoms with Crippen LogP contribution < -0.4 is 5.32 Å². The monoisotopic (exact) mass is 266 g/mol. The molecule has 2 aromatic rings. The van der Waals surface area contributed by atoms with Gasteiger partial charge in [0, 0.05) is 19.3 Å². The first-order valence-electron chi connectivity index (χ1n) is 5.35. The third kappa shape index (κ3) is 3.49. The number of halogens is 1. The van der Waals surface area contributed by atoms with E-state index in [1.54, 1.807) is 17.1 Å². The van der Waals surface area contributed by atoms with Gasteiger partial charge in [-0.15, -0.1) is 5.10 Å². The molecule has 1 amide bonds. The number of amides is 1. The zero-order valence-electron chi connectivity index (χ0n) is 9.45. The highest BCUT2D eigenvalue weighted by molar-refractivity contribution is 6.29. The van der Waals surface area contributed by atoms with E-state index in [-0.39, 0.29) is 16.8 Å². The third-order valence-electron chi connectivity index (χ3n) is 2.17. The summed E-state index contributed by atoms with van der Waals surface area (Å²) in [6.07, 6.45) is 6.82. The minimum Gasteiger partial charge on any atom is -0.351 e. The minimum absolute atomic E-state index is 0.250. The summed E-state index contributed by atoms with van der Waals surface area (Å²) in [4.78, 5) is 19.3. The van der Waals surface area contributed by atoms with Crippen LogP contribution >= 0.6 is 11.6 Å². The molecule has 7 nitrogen and oxygen atoms in total. The normalized spacial score (nSPS) is 10.3. The summed E-state index contributed by atoms with van der Waals surface area (Å²) in [7, 11) is 0. The second-order valence-corrected chi connectivity index (χ2v) is 3.89. The molecular formula is C10H11ClN6O. The Balaban J connectivity index is 1.73. The summed E-state index contributed by atoms with van der Waals surface area (Å²) in [6.45, 7) is 1.23. The lowest BCUT2D eigenvalue weighted by Crippen LogP contribution is -2.26. The van der Waals surface area contributed by atoms with E-state index < -0.39 is 0 Å². The van der Waals surface area contributed by atoms with Crippen molar-refractivity contribution in [2.75, 3.05) is 6.54 Å². The van der Waals surface area contributed by atoms with Crippen LogP contribution in [0.3, 0.4) is 0 Å². The summed E-state index contributed by atoms with van der Waals surface area (Å²) in [6, 6.07) is 0. The molecule has 1 N–H and O–H groups in total. The van der Waals surface area contributed by atoms with Crippen LogP contribution in [0.15, 0.2) is 24.8 Å². The van der Waals surface area contributed by atoms with Gasteiger partial charge in [-0.2, -0.15) is 0 Å². The van der Waals surface area contributed by atoms with E-state index in [1.165, 1.54) is 12.4 Å². The van der Waals surface area contributed by atoms with Crippen molar-refractivity contribution in [1.29, 1.82) is 0 Å². The first-order valence-corrected chi connectivity index (χ1v) is 5.73. The van der Waals surface area contributed by atoms with Gasteiger partial charge in [-0.25, -0.2) is 9.97 Å². The van der Waals surface area contributed by atoms with Gasteiger partial charge in [0.25, 0.3) is 5.91 Å². The van der Waals surface area contributed by atoms with Crippen molar-refractivity contribution in [1.82, 2.24) is 30.3 Å². The maximum absolute atomic E-state index is 11.6. The molecule has 0 atom stereocenters. The fourth-order valence-corrected chi connectivity index (χ4v) is 1.41. The largest absolute Gasteiger partial charge is 0.351 e. The van der Waals surface area contributed by atoms with Crippen LogP contribution in [0, 0.1) is 0 Å². The summed E-state index contributed by atoms with van der Waals surface area (Å²) in [5.41, 5.74) is 0.250. The van der Waals surface area contributed by atoms with Crippen LogP contribution in [0.4, 0.5) is 0 Å². The number of rotatable bonds is 5. The van der Waals surface area contributed by atoms with Crippen LogP contribution in [-0.2, 0) is 6.54 Å². The average Bonchev–Trinajstić information content (AvgIpc) is 2.88. The number of carbonyl (C=O) groups excluding carboxylic acids is 1. The van der Waals surface area contributed by atoms with E-state index in [9.17, 15) is 4.79 Å². The van der Waals surface area contributed by atoms with Crippen LogP contribution in [0.25, 0.3) is 0 Å². The van der Waals surface area contributed by atoms with E-state index in [4.69, 9.17) is 11.6 Å². The topological polar surface area (TPSA) is 85.6 Å². The highest BCUT2D eigenvalue weighted by Crippen LogP contribution is 2.00. The molecule has 0 aliphatic rings. The van der Waals surface area contributed by atoms with Gasteiger partial charge in [-0.05, 0) is 6.42 Å². The number of nitrogens with one attached hydrogen (secondary N) is 1. The maximum Gasteiger partial charge on any atom is 0.271 e. The Morgan fingerprint density at radius 1 is 1.39 bits per heavy atom. The highest BCUT2D eigenvalue weighted by atomic mass is 35.5. The number of carbonyl (C=O) groups is 1. The molecule has 2 heterocycles. The van der Waals surface area contributed by atoms with Gasteiger partial charge in [0.1, 0.15) is 10.8 Å². The second kappa shape index (κ2) is 6.06. The van der Waals surface area contributed by atoms with Crippen molar-refractivity contribution in [3.63, 3.8) is 0 Å². The maximum atomic E-state index is 11.6. The Bertz CT molecular complexity index is 498. The van der Waals surface area contributed by atoms with Crippen LogP contribution in [0.5, 0.6) is 0 Å². The van der Waals surface area contributed by atoms with Crippen LogP contribution in [0.2, 0.25) is 5.15 Å². The van der Waals surface area contributed by atoms with Crippen molar-refractivity contribution >= 4 is 17.5 Å². The van der Waals surface area contributed by atoms with E-state index in [0.29, 0.717) is 13.1 Å². The van der Waals surface area contributed by atoms with E-state index >= 15 is 0 Å². The van der Waals surface area contributed by atoms with E-state index in [2.05, 4.69) is 25.6 Å². The van der Waals surface area contributed by atoms with Crippen LogP contribution in [-0.4, -0.2) is 37.4 Å². The highest BCUT2D eigenvalue weighted by Gasteiger charge is 2.06. The molecule has 0 aliphatic carbocycles. The van der Waals surface area contributed by atoms with Crippen molar-refractivity contribution < 1.29 is 4.79 Å². The fraction of sp³-hybridized carbons (Fsp3) is 0.300. The summed E-state index contributed by atoms with van der Waals surface area (Å²) in [5.74, 6) is -0.266. The second-order valence-electron chi connectivity index (χ2n) is 3.50. The Morgan fingerprint density at radius 2 is 2.28 bits per heavy atom. The lowest BCUT2D eigenvalue weighted by molar-refractivity contribution is 0.0947. The van der Waals surface area contributed by atoms with Gasteiger partial charge in [-0.3, -0.25) is 9.48 Å². The minimum atomic E-state index is -0.266. The number of nitrogens with zero attached hydrogens (tertiary/aromatic N) is 5. The predicted octanol–water partition coefficient (Wildman–Crippen LogP) is 0.542. The number of hydrogen-bond acceptors (Lipinski definition) is 5. The molecule has 0 aliphatic heterocycles. The van der Waals surface area contributed by atoms with Gasteiger partial charge < -0.3 is 5.32 Å². The molecule has 8 heteroatoms. The molecule has 0 fully saturated rings. The summed E-state index contributed by atoms with van der Waals surface area (Å²) in [5, 5.41) is 10.5. The van der Waals surface area contributed by atoms with Gasteiger partial charge in [-0.1, -0.05) is 16.8 Å². The first kappa shape index (κ1) is 12.4. The Kier molecular flexibility index (Phi) is 4.19. The fourth-order valence-electron chi connectivity index (χ4n) is 1.32. The lowest BCUT2D eigenvalue weighted by atomic mass is 10.4. The van der Waals surface area contributed by atoms with E-state index in [0.717, 1.165) is 6.42 Å². The smallest absolute Gasteiger partial charge is 0.271 e. The Morgan fingerprint density at radius 3 is 2.94 bits per heavy atom. The van der Waals surface area contributed by atoms with Crippen molar-refractivity contribution in [2.45, 2.75) is 13.0 Å². The number of aromatic nitrogens is 5. The van der Waals surface area contributed by atoms with Crippen LogP contribution in [0.1, 0.15) is 16.9 Å².